The molecule has 40 heavy (non-hydrogen) atoms. The number of nitrogens with zero attached hydrogens (tertiary/aromatic N) is 4. The van der Waals surface area contributed by atoms with Gasteiger partial charge in [0.05, 0.1) is 42.0 Å². The first-order valence-electron chi connectivity index (χ1n) is 13.1. The molecule has 9 heteroatoms. The zero-order valence-electron chi connectivity index (χ0n) is 23.0. The second kappa shape index (κ2) is 13.0. The van der Waals surface area contributed by atoms with Gasteiger partial charge in [-0.25, -0.2) is 4.98 Å². The minimum atomic E-state index is -1.01. The lowest BCUT2D eigenvalue weighted by molar-refractivity contribution is -0.144. The highest BCUT2D eigenvalue weighted by molar-refractivity contribution is 6.05. The Labute approximate surface area is 236 Å². The van der Waals surface area contributed by atoms with E-state index >= 15 is 0 Å². The van der Waals surface area contributed by atoms with Crippen molar-refractivity contribution < 1.29 is 23.8 Å². The molecule has 0 saturated carbocycles. The standard InChI is InChI=1S/C30H34N4O5.CH4/c1-19-9-12-26(33-17-19)37-14-7-15-38-30(4,28-21(3)39-28)24(18-35)20(2)29(36)34(5)25-11-10-22(16-31)27-23(25)8-6-13-32-27;/h6,8-13,17-18,20-21,24,28H,7,14-15H2,1-5H3;1H4. The minimum Gasteiger partial charge on any atom is -0.478 e. The van der Waals surface area contributed by atoms with Gasteiger partial charge in [0.25, 0.3) is 0 Å². The molecule has 212 valence electrons. The highest BCUT2D eigenvalue weighted by Gasteiger charge is 2.57. The summed E-state index contributed by atoms with van der Waals surface area (Å²) in [4.78, 5) is 36.3. The van der Waals surface area contributed by atoms with E-state index in [1.807, 2.05) is 39.0 Å². The van der Waals surface area contributed by atoms with Crippen molar-refractivity contribution in [2.45, 2.75) is 59.4 Å². The normalized spacial score (nSPS) is 18.9. The van der Waals surface area contributed by atoms with Crippen molar-refractivity contribution in [3.8, 4) is 11.9 Å². The number of carbonyl (C=O) groups is 2. The molecule has 0 bridgehead atoms. The van der Waals surface area contributed by atoms with Crippen LogP contribution in [0, 0.1) is 30.1 Å². The average Bonchev–Trinajstić information content (AvgIpc) is 3.70. The molecule has 9 nitrogen and oxygen atoms in total. The molecule has 3 aromatic rings. The summed E-state index contributed by atoms with van der Waals surface area (Å²) in [5.74, 6) is -1.17. The number of amides is 1. The van der Waals surface area contributed by atoms with E-state index in [0.717, 1.165) is 11.8 Å². The van der Waals surface area contributed by atoms with E-state index in [4.69, 9.17) is 14.2 Å². The second-order valence-corrected chi connectivity index (χ2v) is 10.2. The van der Waals surface area contributed by atoms with Gasteiger partial charge in [-0.2, -0.15) is 5.26 Å². The predicted octanol–water partition coefficient (Wildman–Crippen LogP) is 4.89. The smallest absolute Gasteiger partial charge is 0.230 e. The highest BCUT2D eigenvalue weighted by Crippen LogP contribution is 2.42. The molecule has 1 saturated heterocycles. The number of aldehydes is 1. The van der Waals surface area contributed by atoms with Gasteiger partial charge in [0.2, 0.25) is 11.8 Å². The molecule has 1 fully saturated rings. The van der Waals surface area contributed by atoms with Crippen LogP contribution in [-0.4, -0.2) is 60.2 Å². The molecule has 1 aliphatic rings. The summed E-state index contributed by atoms with van der Waals surface area (Å²) in [6.07, 6.45) is 4.34. The van der Waals surface area contributed by atoms with E-state index in [9.17, 15) is 14.9 Å². The van der Waals surface area contributed by atoms with E-state index < -0.39 is 17.4 Å². The van der Waals surface area contributed by atoms with Crippen LogP contribution < -0.4 is 9.64 Å². The summed E-state index contributed by atoms with van der Waals surface area (Å²) in [7, 11) is 1.67. The Morgan fingerprint density at radius 1 is 1.25 bits per heavy atom. The molecule has 0 aliphatic carbocycles. The van der Waals surface area contributed by atoms with Crippen LogP contribution in [0.15, 0.2) is 48.8 Å². The lowest BCUT2D eigenvalue weighted by Crippen LogP contribution is -2.51. The summed E-state index contributed by atoms with van der Waals surface area (Å²) in [6.45, 7) is 8.19. The Morgan fingerprint density at radius 2 is 2.00 bits per heavy atom. The van der Waals surface area contributed by atoms with E-state index in [2.05, 4.69) is 16.0 Å². The predicted molar refractivity (Wildman–Crippen MR) is 153 cm³/mol. The molecule has 1 aliphatic heterocycles. The van der Waals surface area contributed by atoms with Crippen molar-refractivity contribution in [2.24, 2.45) is 11.8 Å². The minimum absolute atomic E-state index is 0. The van der Waals surface area contributed by atoms with Gasteiger partial charge >= 0.3 is 0 Å². The number of rotatable bonds is 12. The number of hydrogen-bond donors (Lipinski definition) is 0. The van der Waals surface area contributed by atoms with E-state index in [1.165, 1.54) is 4.90 Å². The maximum atomic E-state index is 13.7. The summed E-state index contributed by atoms with van der Waals surface area (Å²) in [6, 6.07) is 12.9. The van der Waals surface area contributed by atoms with Gasteiger partial charge in [-0.1, -0.05) is 20.4 Å². The lowest BCUT2D eigenvalue weighted by atomic mass is 9.77. The van der Waals surface area contributed by atoms with Crippen molar-refractivity contribution in [1.29, 1.82) is 5.26 Å². The molecule has 4 rings (SSSR count). The second-order valence-electron chi connectivity index (χ2n) is 10.2. The van der Waals surface area contributed by atoms with Gasteiger partial charge in [0, 0.05) is 43.2 Å². The van der Waals surface area contributed by atoms with Crippen LogP contribution in [0.25, 0.3) is 10.9 Å². The van der Waals surface area contributed by atoms with E-state index in [-0.39, 0.29) is 25.5 Å². The number of hydrogen-bond acceptors (Lipinski definition) is 8. The maximum absolute atomic E-state index is 13.7. The monoisotopic (exact) mass is 546 g/mol. The van der Waals surface area contributed by atoms with Gasteiger partial charge in [-0.15, -0.1) is 0 Å². The summed E-state index contributed by atoms with van der Waals surface area (Å²) < 4.78 is 17.8. The zero-order chi connectivity index (χ0) is 28.2. The highest BCUT2D eigenvalue weighted by atomic mass is 16.6. The first kappa shape index (κ1) is 30.7. The topological polar surface area (TPSA) is 118 Å². The lowest BCUT2D eigenvalue weighted by Gasteiger charge is -2.37. The molecule has 3 heterocycles. The number of benzene rings is 1. The third-order valence-electron chi connectivity index (χ3n) is 7.41. The first-order valence-corrected chi connectivity index (χ1v) is 13.1. The van der Waals surface area contributed by atoms with Crippen molar-refractivity contribution in [3.05, 3.63) is 59.9 Å². The third-order valence-corrected chi connectivity index (χ3v) is 7.41. The van der Waals surface area contributed by atoms with Gasteiger partial charge in [-0.05, 0) is 50.6 Å². The Balaban J connectivity index is 0.00000441. The van der Waals surface area contributed by atoms with Crippen LogP contribution in [0.1, 0.15) is 45.7 Å². The third kappa shape index (κ3) is 6.30. The summed E-state index contributed by atoms with van der Waals surface area (Å²) in [5, 5.41) is 10.1. The quantitative estimate of drug-likeness (QED) is 0.179. The molecule has 5 unspecified atom stereocenters. The fourth-order valence-electron chi connectivity index (χ4n) is 5.09. The largest absolute Gasteiger partial charge is 0.478 e. The molecule has 5 atom stereocenters. The number of fused-ring (bicyclic) bond motifs is 1. The van der Waals surface area contributed by atoms with Gasteiger partial charge in [0.15, 0.2) is 0 Å². The fraction of sp³-hybridized carbons (Fsp3) is 0.452. The van der Waals surface area contributed by atoms with E-state index in [0.29, 0.717) is 47.7 Å². The van der Waals surface area contributed by atoms with Crippen molar-refractivity contribution in [2.75, 3.05) is 25.2 Å². The zero-order valence-corrected chi connectivity index (χ0v) is 23.0. The molecule has 0 spiro atoms. The van der Waals surface area contributed by atoms with Gasteiger partial charge < -0.3 is 23.9 Å². The van der Waals surface area contributed by atoms with E-state index in [1.54, 1.807) is 44.6 Å². The average molecular weight is 547 g/mol. The Hall–Kier alpha value is -3.87. The molecule has 2 aromatic heterocycles. The number of ether oxygens (including phenoxy) is 3. The number of aryl methyl sites for hydroxylation is 1. The Morgan fingerprint density at radius 3 is 2.62 bits per heavy atom. The maximum Gasteiger partial charge on any atom is 0.230 e. The van der Waals surface area contributed by atoms with Gasteiger partial charge in [0.1, 0.15) is 24.1 Å². The van der Waals surface area contributed by atoms with Crippen LogP contribution in [0.4, 0.5) is 5.69 Å². The van der Waals surface area contributed by atoms with Crippen LogP contribution in [0.5, 0.6) is 5.88 Å². The van der Waals surface area contributed by atoms with Crippen molar-refractivity contribution in [1.82, 2.24) is 9.97 Å². The molecular weight excluding hydrogens is 508 g/mol. The molecule has 1 aromatic carbocycles. The number of anilines is 1. The SMILES string of the molecule is C.Cc1ccc(OCCCOC(C)(C(C=O)C(C)C(=O)N(C)c2ccc(C#N)c3ncccc23)C2OC2C)nc1. The number of epoxide rings is 1. The first-order chi connectivity index (χ1) is 18.7. The summed E-state index contributed by atoms with van der Waals surface area (Å²) in [5.41, 5.74) is 1.61. The van der Waals surface area contributed by atoms with Crippen LogP contribution in [0.3, 0.4) is 0 Å². The van der Waals surface area contributed by atoms with Gasteiger partial charge in [-0.3, -0.25) is 9.78 Å². The Bertz CT molecular complexity index is 1370. The van der Waals surface area contributed by atoms with Crippen LogP contribution in [-0.2, 0) is 19.1 Å². The number of nitriles is 1. The number of aromatic nitrogens is 2. The fourth-order valence-corrected chi connectivity index (χ4v) is 5.09. The number of pyridine rings is 2. The summed E-state index contributed by atoms with van der Waals surface area (Å²) >= 11 is 0. The van der Waals surface area contributed by atoms with Crippen LogP contribution in [0.2, 0.25) is 0 Å². The molecule has 0 radical (unpaired) electrons. The molecule has 0 N–H and O–H groups in total. The van der Waals surface area contributed by atoms with Crippen molar-refractivity contribution in [3.63, 3.8) is 0 Å². The molecular formula is C31H38N4O5. The van der Waals surface area contributed by atoms with Crippen molar-refractivity contribution >= 4 is 28.8 Å². The van der Waals surface area contributed by atoms with Crippen LogP contribution >= 0.6 is 0 Å². The number of carbonyl (C=O) groups excluding carboxylic acids is 2. The Kier molecular flexibility index (Phi) is 9.96. The molecule has 1 amide bonds.